The fourth-order valence-corrected chi connectivity index (χ4v) is 5.00. The Bertz CT molecular complexity index is 1330. The number of ether oxygens (including phenoxy) is 1. The van der Waals surface area contributed by atoms with Crippen LogP contribution in [0.4, 0.5) is 5.69 Å². The first-order valence-electron chi connectivity index (χ1n) is 12.9. The number of carbonyl (C=O) groups excluding carboxylic acids is 1. The highest BCUT2D eigenvalue weighted by Gasteiger charge is 2.21. The number of fused-ring (bicyclic) bond motifs is 1. The van der Waals surface area contributed by atoms with Crippen molar-refractivity contribution in [3.63, 3.8) is 0 Å². The van der Waals surface area contributed by atoms with E-state index in [1.54, 1.807) is 19.5 Å². The summed E-state index contributed by atoms with van der Waals surface area (Å²) in [6, 6.07) is 25.4. The standard InChI is InChI=1S/C31H34N4O2/c1-22(25-5-6-27-19-30(37-2)12-9-26(27)18-25)34-28-13-16-35(17-14-28)29-10-7-24(8-11-29)31(36)33-21-23-4-3-15-32-20-23/h3-12,15,18-20,22,28,34H,13-14,16-17,21H2,1-2H3,(H,33,36)/t22-/m0/s1. The highest BCUT2D eigenvalue weighted by molar-refractivity contribution is 5.94. The largest absolute Gasteiger partial charge is 0.497 e. The number of hydrogen-bond acceptors (Lipinski definition) is 5. The lowest BCUT2D eigenvalue weighted by molar-refractivity contribution is 0.0951. The zero-order valence-electron chi connectivity index (χ0n) is 21.5. The third-order valence-corrected chi connectivity index (χ3v) is 7.22. The van der Waals surface area contributed by atoms with Crippen molar-refractivity contribution in [3.05, 3.63) is 102 Å². The molecule has 1 saturated heterocycles. The molecule has 1 aliphatic rings. The molecule has 37 heavy (non-hydrogen) atoms. The second-order valence-electron chi connectivity index (χ2n) is 9.71. The van der Waals surface area contributed by atoms with Gasteiger partial charge in [0.05, 0.1) is 7.11 Å². The maximum Gasteiger partial charge on any atom is 0.251 e. The molecule has 6 heteroatoms. The molecule has 2 N–H and O–H groups in total. The minimum Gasteiger partial charge on any atom is -0.497 e. The smallest absolute Gasteiger partial charge is 0.251 e. The van der Waals surface area contributed by atoms with Gasteiger partial charge in [-0.05, 0) is 90.2 Å². The zero-order valence-corrected chi connectivity index (χ0v) is 21.5. The van der Waals surface area contributed by atoms with Crippen molar-refractivity contribution in [1.82, 2.24) is 15.6 Å². The van der Waals surface area contributed by atoms with Gasteiger partial charge in [0.25, 0.3) is 5.91 Å². The predicted octanol–water partition coefficient (Wildman–Crippen LogP) is 5.49. The minimum absolute atomic E-state index is 0.0693. The van der Waals surface area contributed by atoms with E-state index in [2.05, 4.69) is 69.9 Å². The summed E-state index contributed by atoms with van der Waals surface area (Å²) in [4.78, 5) is 19.0. The van der Waals surface area contributed by atoms with Crippen LogP contribution in [0.2, 0.25) is 0 Å². The zero-order chi connectivity index (χ0) is 25.6. The first kappa shape index (κ1) is 24.8. The van der Waals surface area contributed by atoms with Gasteiger partial charge in [-0.25, -0.2) is 0 Å². The number of anilines is 1. The average Bonchev–Trinajstić information content (AvgIpc) is 2.96. The minimum atomic E-state index is -0.0693. The van der Waals surface area contributed by atoms with Crippen molar-refractivity contribution in [1.29, 1.82) is 0 Å². The first-order valence-corrected chi connectivity index (χ1v) is 12.9. The first-order chi connectivity index (χ1) is 18.1. The summed E-state index contributed by atoms with van der Waals surface area (Å²) in [5.74, 6) is 0.817. The number of piperidine rings is 1. The molecule has 190 valence electrons. The number of methoxy groups -OCH3 is 1. The van der Waals surface area contributed by atoms with Gasteiger partial charge in [0.15, 0.2) is 0 Å². The van der Waals surface area contributed by atoms with Gasteiger partial charge in [-0.2, -0.15) is 0 Å². The van der Waals surface area contributed by atoms with E-state index < -0.39 is 0 Å². The van der Waals surface area contributed by atoms with E-state index in [1.807, 2.05) is 30.3 Å². The average molecular weight is 495 g/mol. The van der Waals surface area contributed by atoms with Crippen molar-refractivity contribution in [3.8, 4) is 5.75 Å². The Morgan fingerprint density at radius 3 is 2.51 bits per heavy atom. The second-order valence-corrected chi connectivity index (χ2v) is 9.71. The number of benzene rings is 3. The van der Waals surface area contributed by atoms with Gasteiger partial charge >= 0.3 is 0 Å². The van der Waals surface area contributed by atoms with Crippen molar-refractivity contribution in [2.45, 2.75) is 38.4 Å². The van der Waals surface area contributed by atoms with E-state index in [0.717, 1.165) is 37.2 Å². The van der Waals surface area contributed by atoms with Crippen LogP contribution in [0.25, 0.3) is 10.8 Å². The monoisotopic (exact) mass is 494 g/mol. The van der Waals surface area contributed by atoms with Crippen LogP contribution in [0.3, 0.4) is 0 Å². The van der Waals surface area contributed by atoms with Crippen LogP contribution >= 0.6 is 0 Å². The van der Waals surface area contributed by atoms with Gasteiger partial charge < -0.3 is 20.3 Å². The molecule has 0 unspecified atom stereocenters. The molecule has 1 atom stereocenters. The Morgan fingerprint density at radius 2 is 1.78 bits per heavy atom. The Hall–Kier alpha value is -3.90. The molecule has 2 heterocycles. The number of amides is 1. The van der Waals surface area contributed by atoms with E-state index in [-0.39, 0.29) is 11.9 Å². The van der Waals surface area contributed by atoms with E-state index in [1.165, 1.54) is 22.0 Å². The summed E-state index contributed by atoms with van der Waals surface area (Å²) < 4.78 is 5.35. The summed E-state index contributed by atoms with van der Waals surface area (Å²) in [7, 11) is 1.70. The molecule has 6 nitrogen and oxygen atoms in total. The van der Waals surface area contributed by atoms with Gasteiger partial charge in [0, 0.05) is 55.4 Å². The molecule has 4 aromatic rings. The number of aromatic nitrogens is 1. The number of nitrogens with zero attached hydrogens (tertiary/aromatic N) is 2. The number of rotatable bonds is 8. The molecular weight excluding hydrogens is 460 g/mol. The molecule has 0 radical (unpaired) electrons. The summed E-state index contributed by atoms with van der Waals surface area (Å²) >= 11 is 0. The summed E-state index contributed by atoms with van der Waals surface area (Å²) in [6.07, 6.45) is 5.67. The van der Waals surface area contributed by atoms with E-state index in [4.69, 9.17) is 4.74 Å². The molecular formula is C31H34N4O2. The van der Waals surface area contributed by atoms with Crippen LogP contribution in [-0.4, -0.2) is 37.1 Å². The highest BCUT2D eigenvalue weighted by Crippen LogP contribution is 2.26. The molecule has 3 aromatic carbocycles. The summed E-state index contributed by atoms with van der Waals surface area (Å²) in [5, 5.41) is 9.22. The lowest BCUT2D eigenvalue weighted by atomic mass is 9.99. The Balaban J connectivity index is 1.12. The van der Waals surface area contributed by atoms with Crippen LogP contribution in [-0.2, 0) is 6.54 Å². The lowest BCUT2D eigenvalue weighted by Crippen LogP contribution is -2.43. The Kier molecular flexibility index (Phi) is 7.66. The fourth-order valence-electron chi connectivity index (χ4n) is 5.00. The second kappa shape index (κ2) is 11.4. The topological polar surface area (TPSA) is 66.5 Å². The normalized spacial score (nSPS) is 14.9. The van der Waals surface area contributed by atoms with E-state index in [0.29, 0.717) is 18.2 Å². The Labute approximate surface area is 218 Å². The van der Waals surface area contributed by atoms with E-state index >= 15 is 0 Å². The van der Waals surface area contributed by atoms with Crippen LogP contribution in [0, 0.1) is 0 Å². The molecule has 0 saturated carbocycles. The van der Waals surface area contributed by atoms with Crippen LogP contribution in [0.15, 0.2) is 85.2 Å². The van der Waals surface area contributed by atoms with Crippen LogP contribution in [0.5, 0.6) is 5.75 Å². The molecule has 1 amide bonds. The number of pyridine rings is 1. The highest BCUT2D eigenvalue weighted by atomic mass is 16.5. The number of hydrogen-bond donors (Lipinski definition) is 2. The maximum atomic E-state index is 12.5. The molecule has 0 aliphatic carbocycles. The third kappa shape index (κ3) is 6.09. The van der Waals surface area contributed by atoms with Crippen molar-refractivity contribution in [2.75, 3.05) is 25.1 Å². The van der Waals surface area contributed by atoms with Gasteiger partial charge in [-0.1, -0.05) is 24.3 Å². The van der Waals surface area contributed by atoms with Crippen molar-refractivity contribution in [2.24, 2.45) is 0 Å². The van der Waals surface area contributed by atoms with Crippen molar-refractivity contribution >= 4 is 22.4 Å². The SMILES string of the molecule is COc1ccc2cc([C@H](C)NC3CCN(c4ccc(C(=O)NCc5cccnc5)cc4)CC3)ccc2c1. The van der Waals surface area contributed by atoms with E-state index in [9.17, 15) is 4.79 Å². The molecule has 0 bridgehead atoms. The number of nitrogens with one attached hydrogen (secondary N) is 2. The van der Waals surface area contributed by atoms with Gasteiger partial charge in [-0.3, -0.25) is 9.78 Å². The number of carbonyl (C=O) groups is 1. The van der Waals surface area contributed by atoms with Crippen LogP contribution < -0.4 is 20.3 Å². The Morgan fingerprint density at radius 1 is 1.03 bits per heavy atom. The lowest BCUT2D eigenvalue weighted by Gasteiger charge is -2.35. The molecule has 1 aromatic heterocycles. The molecule has 0 spiro atoms. The summed E-state index contributed by atoms with van der Waals surface area (Å²) in [5.41, 5.74) is 4.13. The molecule has 1 fully saturated rings. The van der Waals surface area contributed by atoms with Gasteiger partial charge in [-0.15, -0.1) is 0 Å². The molecule has 1 aliphatic heterocycles. The quantitative estimate of drug-likeness (QED) is 0.339. The fraction of sp³-hybridized carbons (Fsp3) is 0.290. The van der Waals surface area contributed by atoms with Crippen LogP contribution in [0.1, 0.15) is 47.3 Å². The van der Waals surface area contributed by atoms with Gasteiger partial charge in [0.2, 0.25) is 0 Å². The maximum absolute atomic E-state index is 12.5. The molecule has 5 rings (SSSR count). The van der Waals surface area contributed by atoms with Gasteiger partial charge in [0.1, 0.15) is 5.75 Å². The summed E-state index contributed by atoms with van der Waals surface area (Å²) in [6.45, 7) is 4.71. The predicted molar refractivity (Wildman–Crippen MR) is 149 cm³/mol. The van der Waals surface area contributed by atoms with Crippen molar-refractivity contribution < 1.29 is 9.53 Å². The third-order valence-electron chi connectivity index (χ3n) is 7.22.